The van der Waals surface area contributed by atoms with Gasteiger partial charge in [-0.2, -0.15) is 0 Å². The highest BCUT2D eigenvalue weighted by Crippen LogP contribution is 2.33. The molecule has 1 aliphatic heterocycles. The van der Waals surface area contributed by atoms with Crippen molar-refractivity contribution in [3.8, 4) is 5.75 Å². The van der Waals surface area contributed by atoms with Crippen molar-refractivity contribution in [3.05, 3.63) is 33.9 Å². The first-order valence-corrected chi connectivity index (χ1v) is 5.10. The van der Waals surface area contributed by atoms with Gasteiger partial charge in [0.05, 0.1) is 5.02 Å². The molecule has 0 atom stereocenters. The van der Waals surface area contributed by atoms with Crippen LogP contribution in [0.15, 0.2) is 17.7 Å². The number of ether oxygens (including phenoxy) is 1. The molecule has 0 radical (unpaired) electrons. The summed E-state index contributed by atoms with van der Waals surface area (Å²) >= 11 is 6.08. The van der Waals surface area contributed by atoms with Crippen molar-refractivity contribution in [2.45, 2.75) is 13.8 Å². The molecule has 0 fully saturated rings. The molecule has 3 heteroatoms. The third kappa shape index (κ3) is 1.90. The number of halogens is 1. The smallest absolute Gasteiger partial charge is 0.159 e. The third-order valence-electron chi connectivity index (χ3n) is 2.39. The van der Waals surface area contributed by atoms with Crippen molar-refractivity contribution in [2.75, 3.05) is 6.61 Å². The summed E-state index contributed by atoms with van der Waals surface area (Å²) < 4.78 is 5.49. The normalized spacial score (nSPS) is 13.9. The van der Waals surface area contributed by atoms with Gasteiger partial charge in [-0.25, -0.2) is 0 Å². The van der Waals surface area contributed by atoms with Crippen LogP contribution in [-0.2, 0) is 4.79 Å². The lowest BCUT2D eigenvalue weighted by Crippen LogP contribution is -2.12. The first-order valence-electron chi connectivity index (χ1n) is 4.72. The van der Waals surface area contributed by atoms with E-state index < -0.39 is 0 Å². The molecule has 1 heterocycles. The van der Waals surface area contributed by atoms with Gasteiger partial charge in [-0.05, 0) is 37.6 Å². The van der Waals surface area contributed by atoms with E-state index in [1.165, 1.54) is 6.92 Å². The molecule has 1 aromatic carbocycles. The van der Waals surface area contributed by atoms with Crippen molar-refractivity contribution in [1.29, 1.82) is 0 Å². The molecule has 2 rings (SSSR count). The van der Waals surface area contributed by atoms with E-state index in [1.807, 2.05) is 25.1 Å². The molecule has 2 nitrogen and oxygen atoms in total. The SMILES string of the molecule is CC(=O)C1=Cc2c(Cl)cc(C)cc2OC1. The first-order chi connectivity index (χ1) is 7.08. The van der Waals surface area contributed by atoms with Crippen LogP contribution in [0.1, 0.15) is 18.1 Å². The Morgan fingerprint density at radius 1 is 1.47 bits per heavy atom. The predicted octanol–water partition coefficient (Wildman–Crippen LogP) is 3.01. The van der Waals surface area contributed by atoms with E-state index in [2.05, 4.69) is 0 Å². The second-order valence-electron chi connectivity index (χ2n) is 3.67. The van der Waals surface area contributed by atoms with Crippen molar-refractivity contribution in [3.63, 3.8) is 0 Å². The summed E-state index contributed by atoms with van der Waals surface area (Å²) in [4.78, 5) is 11.2. The molecular formula is C12H11ClO2. The summed E-state index contributed by atoms with van der Waals surface area (Å²) in [6, 6.07) is 3.79. The van der Waals surface area contributed by atoms with E-state index >= 15 is 0 Å². The Bertz CT molecular complexity index is 461. The molecule has 0 aromatic heterocycles. The van der Waals surface area contributed by atoms with Crippen molar-refractivity contribution < 1.29 is 9.53 Å². The molecular weight excluding hydrogens is 212 g/mol. The van der Waals surface area contributed by atoms with E-state index in [4.69, 9.17) is 16.3 Å². The Kier molecular flexibility index (Phi) is 2.53. The highest BCUT2D eigenvalue weighted by atomic mass is 35.5. The maximum atomic E-state index is 11.2. The summed E-state index contributed by atoms with van der Waals surface area (Å²) in [5, 5.41) is 0.628. The Morgan fingerprint density at radius 3 is 2.87 bits per heavy atom. The lowest BCUT2D eigenvalue weighted by atomic mass is 10.0. The molecule has 1 aliphatic rings. The number of aryl methyl sites for hydroxylation is 1. The lowest BCUT2D eigenvalue weighted by molar-refractivity contribution is -0.113. The number of carbonyl (C=O) groups excluding carboxylic acids is 1. The van der Waals surface area contributed by atoms with Crippen LogP contribution in [0.4, 0.5) is 0 Å². The summed E-state index contributed by atoms with van der Waals surface area (Å²) in [6.45, 7) is 3.82. The zero-order valence-corrected chi connectivity index (χ0v) is 9.39. The topological polar surface area (TPSA) is 26.3 Å². The fourth-order valence-electron chi connectivity index (χ4n) is 1.56. The fraction of sp³-hybridized carbons (Fsp3) is 0.250. The van der Waals surface area contributed by atoms with E-state index in [-0.39, 0.29) is 5.78 Å². The molecule has 78 valence electrons. The molecule has 15 heavy (non-hydrogen) atoms. The van der Waals surface area contributed by atoms with Crippen molar-refractivity contribution >= 4 is 23.5 Å². The molecule has 0 spiro atoms. The average molecular weight is 223 g/mol. The molecule has 0 saturated heterocycles. The number of ketones is 1. The van der Waals surface area contributed by atoms with Crippen LogP contribution in [0.2, 0.25) is 5.02 Å². The Morgan fingerprint density at radius 2 is 2.20 bits per heavy atom. The van der Waals surface area contributed by atoms with Crippen molar-refractivity contribution in [1.82, 2.24) is 0 Å². The number of rotatable bonds is 1. The maximum absolute atomic E-state index is 11.2. The van der Waals surface area contributed by atoms with Crippen LogP contribution < -0.4 is 4.74 Å². The van der Waals surface area contributed by atoms with Gasteiger partial charge in [0.1, 0.15) is 12.4 Å². The fourth-order valence-corrected chi connectivity index (χ4v) is 1.88. The van der Waals surface area contributed by atoms with Crippen LogP contribution in [-0.4, -0.2) is 12.4 Å². The minimum absolute atomic E-state index is 0.0253. The van der Waals surface area contributed by atoms with Gasteiger partial charge >= 0.3 is 0 Å². The minimum atomic E-state index is 0.0253. The number of fused-ring (bicyclic) bond motifs is 1. The highest BCUT2D eigenvalue weighted by molar-refractivity contribution is 6.32. The van der Waals surface area contributed by atoms with Gasteiger partial charge in [0.2, 0.25) is 0 Å². The predicted molar refractivity (Wildman–Crippen MR) is 60.3 cm³/mol. The summed E-state index contributed by atoms with van der Waals surface area (Å²) in [7, 11) is 0. The zero-order valence-electron chi connectivity index (χ0n) is 8.63. The summed E-state index contributed by atoms with van der Waals surface area (Å²) in [6.07, 6.45) is 1.81. The van der Waals surface area contributed by atoms with Gasteiger partial charge in [-0.1, -0.05) is 11.6 Å². The van der Waals surface area contributed by atoms with Gasteiger partial charge in [0, 0.05) is 11.1 Å². The average Bonchev–Trinajstić information content (AvgIpc) is 2.16. The minimum Gasteiger partial charge on any atom is -0.488 e. The van der Waals surface area contributed by atoms with E-state index in [0.29, 0.717) is 17.2 Å². The van der Waals surface area contributed by atoms with Gasteiger partial charge in [-0.3, -0.25) is 4.79 Å². The quantitative estimate of drug-likeness (QED) is 0.730. The highest BCUT2D eigenvalue weighted by Gasteiger charge is 2.16. The third-order valence-corrected chi connectivity index (χ3v) is 2.70. The number of hydrogen-bond acceptors (Lipinski definition) is 2. The molecule has 0 aliphatic carbocycles. The number of benzene rings is 1. The lowest BCUT2D eigenvalue weighted by Gasteiger charge is -2.18. The first kappa shape index (κ1) is 10.2. The molecule has 1 aromatic rings. The number of carbonyl (C=O) groups is 1. The van der Waals surface area contributed by atoms with Crippen LogP contribution in [0, 0.1) is 6.92 Å². The van der Waals surface area contributed by atoms with Gasteiger partial charge in [0.25, 0.3) is 0 Å². The largest absolute Gasteiger partial charge is 0.488 e. The van der Waals surface area contributed by atoms with E-state index in [0.717, 1.165) is 16.9 Å². The monoisotopic (exact) mass is 222 g/mol. The molecule has 0 bridgehead atoms. The van der Waals surface area contributed by atoms with Crippen LogP contribution >= 0.6 is 11.6 Å². The second kappa shape index (κ2) is 3.70. The maximum Gasteiger partial charge on any atom is 0.159 e. The van der Waals surface area contributed by atoms with Crippen LogP contribution in [0.3, 0.4) is 0 Å². The summed E-state index contributed by atoms with van der Waals surface area (Å²) in [5.41, 5.74) is 2.52. The molecule has 0 amide bonds. The van der Waals surface area contributed by atoms with Crippen molar-refractivity contribution in [2.24, 2.45) is 0 Å². The van der Waals surface area contributed by atoms with E-state index in [1.54, 1.807) is 0 Å². The Labute approximate surface area is 93.5 Å². The van der Waals surface area contributed by atoms with E-state index in [9.17, 15) is 4.79 Å². The van der Waals surface area contributed by atoms with Gasteiger partial charge in [0.15, 0.2) is 5.78 Å². The Balaban J connectivity index is 2.55. The van der Waals surface area contributed by atoms with Crippen LogP contribution in [0.5, 0.6) is 5.75 Å². The Hall–Kier alpha value is -1.28. The molecule has 0 saturated carbocycles. The molecule has 0 unspecified atom stereocenters. The molecule has 0 N–H and O–H groups in total. The number of hydrogen-bond donors (Lipinski definition) is 0. The van der Waals surface area contributed by atoms with Crippen LogP contribution in [0.25, 0.3) is 6.08 Å². The standard InChI is InChI=1S/C12H11ClO2/c1-7-3-11(13)10-5-9(8(2)14)6-15-12(10)4-7/h3-5H,6H2,1-2H3. The zero-order chi connectivity index (χ0) is 11.0. The van der Waals surface area contributed by atoms with Gasteiger partial charge in [-0.15, -0.1) is 0 Å². The number of Topliss-reactive ketones (excluding diaryl/α,β-unsaturated/α-hetero) is 1. The second-order valence-corrected chi connectivity index (χ2v) is 4.08. The van der Waals surface area contributed by atoms with Gasteiger partial charge < -0.3 is 4.74 Å². The summed E-state index contributed by atoms with van der Waals surface area (Å²) in [5.74, 6) is 0.780.